The fourth-order valence-corrected chi connectivity index (χ4v) is 4.21. The van der Waals surface area contributed by atoms with Gasteiger partial charge in [0, 0.05) is 0 Å². The minimum atomic E-state index is 0.360. The van der Waals surface area contributed by atoms with Crippen LogP contribution in [0.25, 0.3) is 0 Å². The molecule has 1 N–H and O–H groups in total. The molecule has 2 nitrogen and oxygen atoms in total. The Labute approximate surface area is 166 Å². The standard InChI is InChI=1S/C24H52NO/c1-4-7-10-13-14-15-16-19-22-25(23-24-26,20-17-11-8-5-2)21-18-12-9-6-3/h26H,4-24H2,1-3H3/q+1. The Bertz CT molecular complexity index is 255. The highest BCUT2D eigenvalue weighted by Crippen LogP contribution is 2.17. The van der Waals surface area contributed by atoms with Crippen molar-refractivity contribution in [1.29, 1.82) is 0 Å². The average molecular weight is 371 g/mol. The molecule has 0 bridgehead atoms. The first-order chi connectivity index (χ1) is 12.7. The SMILES string of the molecule is CCCCCCCCCC[N+](CCO)(CCCCCC)CCCCCC. The molecule has 0 aromatic carbocycles. The second-order valence-corrected chi connectivity index (χ2v) is 8.56. The van der Waals surface area contributed by atoms with Crippen LogP contribution >= 0.6 is 0 Å². The molecule has 0 aliphatic rings. The van der Waals surface area contributed by atoms with Crippen LogP contribution in [0.3, 0.4) is 0 Å². The highest BCUT2D eigenvalue weighted by molar-refractivity contribution is 4.52. The predicted octanol–water partition coefficient (Wildman–Crippen LogP) is 7.10. The lowest BCUT2D eigenvalue weighted by molar-refractivity contribution is -0.929. The monoisotopic (exact) mass is 370 g/mol. The Balaban J connectivity index is 4.27. The third-order valence-electron chi connectivity index (χ3n) is 6.03. The van der Waals surface area contributed by atoms with E-state index < -0.39 is 0 Å². The molecule has 0 saturated heterocycles. The van der Waals surface area contributed by atoms with Crippen molar-refractivity contribution >= 4 is 0 Å². The molecule has 2 heteroatoms. The number of hydrogen-bond donors (Lipinski definition) is 1. The maximum absolute atomic E-state index is 9.71. The fraction of sp³-hybridized carbons (Fsp3) is 1.00. The van der Waals surface area contributed by atoms with E-state index in [0.29, 0.717) is 6.61 Å². The lowest BCUT2D eigenvalue weighted by Crippen LogP contribution is -2.51. The second kappa shape index (κ2) is 19.7. The summed E-state index contributed by atoms with van der Waals surface area (Å²) in [5.41, 5.74) is 0. The Hall–Kier alpha value is -0.0800. The number of aliphatic hydroxyl groups excluding tert-OH is 1. The summed E-state index contributed by atoms with van der Waals surface area (Å²) >= 11 is 0. The van der Waals surface area contributed by atoms with E-state index in [1.54, 1.807) is 0 Å². The van der Waals surface area contributed by atoms with Gasteiger partial charge in [0.05, 0.1) is 26.2 Å². The number of nitrogens with zero attached hydrogens (tertiary/aromatic N) is 1. The van der Waals surface area contributed by atoms with Crippen molar-refractivity contribution in [2.75, 3.05) is 32.8 Å². The van der Waals surface area contributed by atoms with Gasteiger partial charge in [0.15, 0.2) is 0 Å². The minimum Gasteiger partial charge on any atom is -0.391 e. The van der Waals surface area contributed by atoms with Crippen molar-refractivity contribution in [3.8, 4) is 0 Å². The van der Waals surface area contributed by atoms with Crippen LogP contribution in [0.4, 0.5) is 0 Å². The van der Waals surface area contributed by atoms with Crippen LogP contribution in [0.15, 0.2) is 0 Å². The van der Waals surface area contributed by atoms with Crippen molar-refractivity contribution in [1.82, 2.24) is 0 Å². The molecule has 0 heterocycles. The van der Waals surface area contributed by atoms with Gasteiger partial charge in [-0.15, -0.1) is 0 Å². The molecule has 0 amide bonds. The Morgan fingerprint density at radius 3 is 1.08 bits per heavy atom. The lowest BCUT2D eigenvalue weighted by Gasteiger charge is -2.39. The number of hydrogen-bond acceptors (Lipinski definition) is 1. The third-order valence-corrected chi connectivity index (χ3v) is 6.03. The molecule has 0 rings (SSSR count). The first-order valence-corrected chi connectivity index (χ1v) is 12.2. The summed E-state index contributed by atoms with van der Waals surface area (Å²) < 4.78 is 1.19. The summed E-state index contributed by atoms with van der Waals surface area (Å²) in [4.78, 5) is 0. The molecular weight excluding hydrogens is 318 g/mol. The van der Waals surface area contributed by atoms with Crippen LogP contribution in [0.2, 0.25) is 0 Å². The summed E-state index contributed by atoms with van der Waals surface area (Å²) in [5.74, 6) is 0. The van der Waals surface area contributed by atoms with Gasteiger partial charge in [0.2, 0.25) is 0 Å². The molecule has 0 aromatic rings. The first-order valence-electron chi connectivity index (χ1n) is 12.2. The van der Waals surface area contributed by atoms with Gasteiger partial charge in [-0.25, -0.2) is 0 Å². The van der Waals surface area contributed by atoms with Gasteiger partial charge < -0.3 is 9.59 Å². The van der Waals surface area contributed by atoms with Crippen LogP contribution in [-0.2, 0) is 0 Å². The molecule has 0 saturated carbocycles. The van der Waals surface area contributed by atoms with Gasteiger partial charge in [-0.3, -0.25) is 0 Å². The number of unbranched alkanes of at least 4 members (excludes halogenated alkanes) is 13. The molecule has 0 aromatic heterocycles. The van der Waals surface area contributed by atoms with Crippen molar-refractivity contribution in [2.45, 2.75) is 124 Å². The quantitative estimate of drug-likeness (QED) is 0.169. The van der Waals surface area contributed by atoms with E-state index in [1.165, 1.54) is 127 Å². The second-order valence-electron chi connectivity index (χ2n) is 8.56. The third kappa shape index (κ3) is 15.0. The van der Waals surface area contributed by atoms with E-state index in [-0.39, 0.29) is 0 Å². The molecule has 0 fully saturated rings. The first kappa shape index (κ1) is 25.9. The highest BCUT2D eigenvalue weighted by Gasteiger charge is 2.25. The van der Waals surface area contributed by atoms with E-state index in [1.807, 2.05) is 0 Å². The fourth-order valence-electron chi connectivity index (χ4n) is 4.21. The van der Waals surface area contributed by atoms with Crippen LogP contribution < -0.4 is 0 Å². The van der Waals surface area contributed by atoms with Crippen molar-refractivity contribution in [2.24, 2.45) is 0 Å². The van der Waals surface area contributed by atoms with Crippen LogP contribution in [0.5, 0.6) is 0 Å². The Morgan fingerprint density at radius 1 is 0.423 bits per heavy atom. The number of rotatable bonds is 21. The van der Waals surface area contributed by atoms with E-state index in [0.717, 1.165) is 6.54 Å². The Morgan fingerprint density at radius 2 is 0.731 bits per heavy atom. The van der Waals surface area contributed by atoms with E-state index >= 15 is 0 Å². The predicted molar refractivity (Wildman–Crippen MR) is 118 cm³/mol. The van der Waals surface area contributed by atoms with Crippen LogP contribution in [-0.4, -0.2) is 42.4 Å². The van der Waals surface area contributed by atoms with Gasteiger partial charge in [-0.2, -0.15) is 0 Å². The van der Waals surface area contributed by atoms with E-state index in [2.05, 4.69) is 20.8 Å². The van der Waals surface area contributed by atoms with Gasteiger partial charge in [-0.05, 0) is 38.5 Å². The maximum Gasteiger partial charge on any atom is 0.102 e. The highest BCUT2D eigenvalue weighted by atomic mass is 16.3. The molecule has 158 valence electrons. The molecule has 0 atom stereocenters. The largest absolute Gasteiger partial charge is 0.391 e. The van der Waals surface area contributed by atoms with Gasteiger partial charge in [0.1, 0.15) is 6.54 Å². The average Bonchev–Trinajstić information content (AvgIpc) is 2.65. The summed E-state index contributed by atoms with van der Waals surface area (Å²) in [5, 5.41) is 9.71. The summed E-state index contributed by atoms with van der Waals surface area (Å²) in [6.45, 7) is 12.1. The molecule has 0 aliphatic carbocycles. The van der Waals surface area contributed by atoms with Gasteiger partial charge >= 0.3 is 0 Å². The zero-order valence-corrected chi connectivity index (χ0v) is 18.7. The molecule has 0 aliphatic heterocycles. The normalized spacial score (nSPS) is 12.0. The van der Waals surface area contributed by atoms with Gasteiger partial charge in [-0.1, -0.05) is 85.0 Å². The molecule has 0 unspecified atom stereocenters. The van der Waals surface area contributed by atoms with Crippen molar-refractivity contribution in [3.63, 3.8) is 0 Å². The number of quaternary nitrogens is 1. The Kier molecular flexibility index (Phi) is 19.6. The molecule has 0 radical (unpaired) electrons. The zero-order chi connectivity index (χ0) is 19.3. The zero-order valence-electron chi connectivity index (χ0n) is 18.7. The molecule has 26 heavy (non-hydrogen) atoms. The number of aliphatic hydroxyl groups is 1. The smallest absolute Gasteiger partial charge is 0.102 e. The summed E-state index contributed by atoms with van der Waals surface area (Å²) in [6.07, 6.45) is 22.0. The maximum atomic E-state index is 9.71. The minimum absolute atomic E-state index is 0.360. The topological polar surface area (TPSA) is 20.2 Å². The van der Waals surface area contributed by atoms with Crippen LogP contribution in [0, 0.1) is 0 Å². The molecule has 0 spiro atoms. The summed E-state index contributed by atoms with van der Waals surface area (Å²) in [6, 6.07) is 0. The van der Waals surface area contributed by atoms with E-state index in [9.17, 15) is 5.11 Å². The lowest BCUT2D eigenvalue weighted by atomic mass is 10.1. The summed E-state index contributed by atoms with van der Waals surface area (Å²) in [7, 11) is 0. The van der Waals surface area contributed by atoms with Crippen molar-refractivity contribution in [3.05, 3.63) is 0 Å². The van der Waals surface area contributed by atoms with E-state index in [4.69, 9.17) is 0 Å². The van der Waals surface area contributed by atoms with Crippen LogP contribution in [0.1, 0.15) is 124 Å². The van der Waals surface area contributed by atoms with Gasteiger partial charge in [0.25, 0.3) is 0 Å². The molecular formula is C24H52NO+. The van der Waals surface area contributed by atoms with Crippen molar-refractivity contribution < 1.29 is 9.59 Å².